The minimum absolute atomic E-state index is 0.658. The average molecular weight is 155 g/mol. The van der Waals surface area contributed by atoms with E-state index in [-0.39, 0.29) is 0 Å². The monoisotopic (exact) mass is 155 g/mol. The van der Waals surface area contributed by atoms with Gasteiger partial charge in [-0.2, -0.15) is 0 Å². The van der Waals surface area contributed by atoms with Crippen LogP contribution in [0.2, 0.25) is 0 Å². The van der Waals surface area contributed by atoms with Gasteiger partial charge >= 0.3 is 0 Å². The Labute approximate surface area is 64.7 Å². The molecule has 0 aromatic carbocycles. The second kappa shape index (κ2) is 2.79. The van der Waals surface area contributed by atoms with Crippen molar-refractivity contribution >= 4 is 18.0 Å². The van der Waals surface area contributed by atoms with Crippen molar-refractivity contribution in [2.75, 3.05) is 19.0 Å². The van der Waals surface area contributed by atoms with Crippen LogP contribution in [0.1, 0.15) is 0 Å². The fourth-order valence-electron chi connectivity index (χ4n) is 0.580. The van der Waals surface area contributed by atoms with Gasteiger partial charge in [-0.1, -0.05) is 12.2 Å². The third kappa shape index (κ3) is 1.54. The maximum Gasteiger partial charge on any atom is 0.144 e. The molecule has 0 amide bonds. The van der Waals surface area contributed by atoms with Crippen molar-refractivity contribution in [2.24, 2.45) is 0 Å². The van der Waals surface area contributed by atoms with E-state index in [0.717, 1.165) is 5.82 Å². The first kappa shape index (κ1) is 7.21. The van der Waals surface area contributed by atoms with E-state index in [9.17, 15) is 0 Å². The normalized spacial score (nSPS) is 9.40. The molecule has 0 aliphatic carbocycles. The second-order valence-corrected chi connectivity index (χ2v) is 2.60. The van der Waals surface area contributed by atoms with E-state index in [0.29, 0.717) is 4.64 Å². The first-order valence-electron chi connectivity index (χ1n) is 2.92. The number of aromatic amines is 1. The summed E-state index contributed by atoms with van der Waals surface area (Å²) >= 11 is 4.82. The standard InChI is InChI=1S/C6H9N3S/c1-9(2)5-3-8-6(10)4-7-5/h3-4H,1-2H3,(H,8,10). The van der Waals surface area contributed by atoms with E-state index in [1.165, 1.54) is 0 Å². The van der Waals surface area contributed by atoms with Crippen LogP contribution in [0.3, 0.4) is 0 Å². The molecular weight excluding hydrogens is 146 g/mol. The van der Waals surface area contributed by atoms with E-state index in [1.807, 2.05) is 19.0 Å². The molecule has 0 unspecified atom stereocenters. The van der Waals surface area contributed by atoms with Gasteiger partial charge in [0.15, 0.2) is 0 Å². The van der Waals surface area contributed by atoms with E-state index in [2.05, 4.69) is 9.97 Å². The highest BCUT2D eigenvalue weighted by Gasteiger charge is 1.91. The van der Waals surface area contributed by atoms with Gasteiger partial charge in [-0.3, -0.25) is 0 Å². The Morgan fingerprint density at radius 1 is 1.60 bits per heavy atom. The van der Waals surface area contributed by atoms with E-state index >= 15 is 0 Å². The van der Waals surface area contributed by atoms with E-state index < -0.39 is 0 Å². The molecule has 0 aliphatic heterocycles. The molecule has 1 rings (SSSR count). The van der Waals surface area contributed by atoms with Crippen LogP contribution in [0.25, 0.3) is 0 Å². The number of H-pyrrole nitrogens is 1. The lowest BCUT2D eigenvalue weighted by atomic mass is 10.6. The van der Waals surface area contributed by atoms with Crippen molar-refractivity contribution in [3.63, 3.8) is 0 Å². The van der Waals surface area contributed by atoms with Crippen LogP contribution in [-0.4, -0.2) is 24.1 Å². The van der Waals surface area contributed by atoms with Gasteiger partial charge in [-0.25, -0.2) is 4.98 Å². The van der Waals surface area contributed by atoms with E-state index in [4.69, 9.17) is 12.2 Å². The Bertz CT molecular complexity index is 245. The van der Waals surface area contributed by atoms with Crippen molar-refractivity contribution in [1.82, 2.24) is 9.97 Å². The fraction of sp³-hybridized carbons (Fsp3) is 0.333. The number of aromatic nitrogens is 2. The van der Waals surface area contributed by atoms with Gasteiger partial charge < -0.3 is 9.88 Å². The second-order valence-electron chi connectivity index (χ2n) is 2.16. The molecule has 0 bridgehead atoms. The highest BCUT2D eigenvalue weighted by molar-refractivity contribution is 7.71. The number of hydrogen-bond acceptors (Lipinski definition) is 3. The predicted octanol–water partition coefficient (Wildman–Crippen LogP) is 1.21. The summed E-state index contributed by atoms with van der Waals surface area (Å²) in [4.78, 5) is 8.87. The van der Waals surface area contributed by atoms with Gasteiger partial charge in [0.05, 0.1) is 6.20 Å². The van der Waals surface area contributed by atoms with Crippen LogP contribution >= 0.6 is 12.2 Å². The summed E-state index contributed by atoms with van der Waals surface area (Å²) in [5.74, 6) is 0.883. The van der Waals surface area contributed by atoms with Crippen molar-refractivity contribution in [3.8, 4) is 0 Å². The smallest absolute Gasteiger partial charge is 0.144 e. The number of rotatable bonds is 1. The molecule has 1 N–H and O–H groups in total. The maximum atomic E-state index is 4.82. The van der Waals surface area contributed by atoms with Gasteiger partial charge in [-0.15, -0.1) is 0 Å². The molecule has 10 heavy (non-hydrogen) atoms. The van der Waals surface area contributed by atoms with Crippen LogP contribution in [0, 0.1) is 4.64 Å². The predicted molar refractivity (Wildman–Crippen MR) is 43.7 cm³/mol. The third-order valence-electron chi connectivity index (χ3n) is 1.12. The van der Waals surface area contributed by atoms with Gasteiger partial charge in [0, 0.05) is 20.3 Å². The van der Waals surface area contributed by atoms with Crippen molar-refractivity contribution in [1.29, 1.82) is 0 Å². The number of hydrogen-bond donors (Lipinski definition) is 1. The van der Waals surface area contributed by atoms with E-state index in [1.54, 1.807) is 12.4 Å². The highest BCUT2D eigenvalue weighted by Crippen LogP contribution is 2.00. The lowest BCUT2D eigenvalue weighted by Gasteiger charge is -2.08. The SMILES string of the molecule is CN(C)c1c[nH]c(=S)cn1. The van der Waals surface area contributed by atoms with Gasteiger partial charge in [0.2, 0.25) is 0 Å². The highest BCUT2D eigenvalue weighted by atomic mass is 32.1. The summed E-state index contributed by atoms with van der Waals surface area (Å²) < 4.78 is 0.658. The molecule has 1 aromatic heterocycles. The van der Waals surface area contributed by atoms with Gasteiger partial charge in [-0.05, 0) is 0 Å². The van der Waals surface area contributed by atoms with Gasteiger partial charge in [0.25, 0.3) is 0 Å². The van der Waals surface area contributed by atoms with Gasteiger partial charge in [0.1, 0.15) is 10.5 Å². The van der Waals surface area contributed by atoms with Crippen molar-refractivity contribution in [2.45, 2.75) is 0 Å². The molecule has 1 heterocycles. The summed E-state index contributed by atoms with van der Waals surface area (Å²) in [5, 5.41) is 0. The van der Waals surface area contributed by atoms with Crippen molar-refractivity contribution < 1.29 is 0 Å². The molecular formula is C6H9N3S. The van der Waals surface area contributed by atoms with Crippen LogP contribution in [0.4, 0.5) is 5.82 Å². The summed E-state index contributed by atoms with van der Waals surface area (Å²) in [6.07, 6.45) is 3.41. The Hall–Kier alpha value is -0.900. The number of anilines is 1. The number of nitrogens with one attached hydrogen (secondary N) is 1. The van der Waals surface area contributed by atoms with Crippen LogP contribution in [0.15, 0.2) is 12.4 Å². The molecule has 0 spiro atoms. The topological polar surface area (TPSA) is 31.9 Å². The average Bonchev–Trinajstić information content (AvgIpc) is 1.88. The first-order chi connectivity index (χ1) is 4.70. The Kier molecular flexibility index (Phi) is 2.01. The summed E-state index contributed by atoms with van der Waals surface area (Å²) in [7, 11) is 3.86. The molecule has 0 radical (unpaired) electrons. The largest absolute Gasteiger partial charge is 0.362 e. The zero-order valence-corrected chi connectivity index (χ0v) is 6.77. The Balaban J connectivity index is 3.00. The minimum atomic E-state index is 0.658. The van der Waals surface area contributed by atoms with Crippen LogP contribution < -0.4 is 4.90 Å². The molecule has 54 valence electrons. The molecule has 0 fully saturated rings. The zero-order valence-electron chi connectivity index (χ0n) is 5.96. The maximum absolute atomic E-state index is 4.82. The third-order valence-corrected chi connectivity index (χ3v) is 1.34. The molecule has 3 nitrogen and oxygen atoms in total. The molecule has 0 saturated carbocycles. The zero-order chi connectivity index (χ0) is 7.56. The summed E-state index contributed by atoms with van der Waals surface area (Å²) in [5.41, 5.74) is 0. The fourth-order valence-corrected chi connectivity index (χ4v) is 0.691. The summed E-state index contributed by atoms with van der Waals surface area (Å²) in [6, 6.07) is 0. The summed E-state index contributed by atoms with van der Waals surface area (Å²) in [6.45, 7) is 0. The number of nitrogens with zero attached hydrogens (tertiary/aromatic N) is 2. The quantitative estimate of drug-likeness (QED) is 0.618. The Morgan fingerprint density at radius 3 is 2.70 bits per heavy atom. The molecule has 0 aliphatic rings. The van der Waals surface area contributed by atoms with Crippen LogP contribution in [0.5, 0.6) is 0 Å². The van der Waals surface area contributed by atoms with Crippen LogP contribution in [-0.2, 0) is 0 Å². The first-order valence-corrected chi connectivity index (χ1v) is 3.33. The molecule has 0 saturated heterocycles. The Morgan fingerprint density at radius 2 is 2.30 bits per heavy atom. The molecule has 1 aromatic rings. The molecule has 0 atom stereocenters. The molecule has 4 heteroatoms. The lowest BCUT2D eigenvalue weighted by Crippen LogP contribution is -2.10. The lowest BCUT2D eigenvalue weighted by molar-refractivity contribution is 1.03. The van der Waals surface area contributed by atoms with Crippen molar-refractivity contribution in [3.05, 3.63) is 17.0 Å². The minimum Gasteiger partial charge on any atom is -0.362 e.